The van der Waals surface area contributed by atoms with E-state index in [1.807, 2.05) is 13.8 Å². The molecule has 0 saturated heterocycles. The molecule has 0 fully saturated rings. The maximum absolute atomic E-state index is 2.31. The highest BCUT2D eigenvalue weighted by Gasteiger charge is 2.13. The van der Waals surface area contributed by atoms with Crippen LogP contribution in [0.2, 0.25) is 0 Å². The van der Waals surface area contributed by atoms with Crippen LogP contribution in [0, 0.1) is 20.8 Å². The lowest BCUT2D eigenvalue weighted by Gasteiger charge is -2.27. The van der Waals surface area contributed by atoms with E-state index in [-0.39, 0.29) is 0 Å². The zero-order valence-corrected chi connectivity index (χ0v) is 15.4. The minimum atomic E-state index is 1.18. The molecular weight excluding hydrogens is 290 g/mol. The van der Waals surface area contributed by atoms with Crippen LogP contribution in [0.5, 0.6) is 0 Å². The van der Waals surface area contributed by atoms with E-state index < -0.39 is 0 Å². The summed E-state index contributed by atoms with van der Waals surface area (Å²) < 4.78 is 0. The quantitative estimate of drug-likeness (QED) is 0.497. The molecule has 0 N–H and O–H groups in total. The lowest BCUT2D eigenvalue weighted by atomic mass is 10.1. The molecule has 0 amide bonds. The first-order valence-electron chi connectivity index (χ1n) is 8.64. The van der Waals surface area contributed by atoms with Crippen molar-refractivity contribution < 1.29 is 0 Å². The van der Waals surface area contributed by atoms with Crippen LogP contribution in [-0.2, 0) is 0 Å². The lowest BCUT2D eigenvalue weighted by Crippen LogP contribution is -2.11. The Balaban J connectivity index is 0.00000100. The van der Waals surface area contributed by atoms with E-state index in [1.54, 1.807) is 0 Å². The molecule has 3 aromatic rings. The lowest BCUT2D eigenvalue weighted by molar-refractivity contribution is 1.23. The molecule has 0 bridgehead atoms. The van der Waals surface area contributed by atoms with E-state index in [0.717, 1.165) is 0 Å². The fourth-order valence-corrected chi connectivity index (χ4v) is 2.75. The summed E-state index contributed by atoms with van der Waals surface area (Å²) in [5.74, 6) is 0. The fraction of sp³-hybridized carbons (Fsp3) is 0.217. The number of para-hydroxylation sites is 1. The summed E-state index contributed by atoms with van der Waals surface area (Å²) in [7, 11) is 0. The Kier molecular flexibility index (Phi) is 6.20. The number of benzene rings is 3. The fourth-order valence-electron chi connectivity index (χ4n) is 2.75. The highest BCUT2D eigenvalue weighted by Crippen LogP contribution is 2.36. The maximum atomic E-state index is 2.31. The highest BCUT2D eigenvalue weighted by atomic mass is 15.1. The first-order chi connectivity index (χ1) is 11.6. The van der Waals surface area contributed by atoms with E-state index in [1.165, 1.54) is 33.8 Å². The van der Waals surface area contributed by atoms with Gasteiger partial charge >= 0.3 is 0 Å². The summed E-state index contributed by atoms with van der Waals surface area (Å²) in [6.07, 6.45) is 0. The predicted molar refractivity (Wildman–Crippen MR) is 107 cm³/mol. The number of anilines is 3. The average Bonchev–Trinajstić information content (AvgIpc) is 2.61. The van der Waals surface area contributed by atoms with Gasteiger partial charge in [-0.05, 0) is 56.7 Å². The molecule has 1 nitrogen and oxygen atoms in total. The average molecular weight is 317 g/mol. The molecule has 0 aromatic heterocycles. The molecule has 0 unspecified atom stereocenters. The smallest absolute Gasteiger partial charge is 0.0490 e. The van der Waals surface area contributed by atoms with Gasteiger partial charge in [0.2, 0.25) is 0 Å². The third-order valence-electron chi connectivity index (χ3n) is 3.90. The zero-order chi connectivity index (χ0) is 17.5. The predicted octanol–water partition coefficient (Wildman–Crippen LogP) is 7.11. The van der Waals surface area contributed by atoms with Crippen LogP contribution >= 0.6 is 0 Å². The van der Waals surface area contributed by atoms with Gasteiger partial charge in [0.1, 0.15) is 0 Å². The largest absolute Gasteiger partial charge is 0.310 e. The Morgan fingerprint density at radius 3 is 1.71 bits per heavy atom. The summed E-state index contributed by atoms with van der Waals surface area (Å²) in [4.78, 5) is 2.31. The summed E-state index contributed by atoms with van der Waals surface area (Å²) in [6, 6.07) is 25.8. The van der Waals surface area contributed by atoms with Crippen molar-refractivity contribution in [1.82, 2.24) is 0 Å². The standard InChI is InChI=1S/C21H21N.C2H6/c1-16-9-12-20(13-10-16)22(19-7-5-4-6-8-19)21-14-11-17(2)15-18(21)3;1-2/h4-15H,1-3H3;1-2H3. The van der Waals surface area contributed by atoms with Crippen molar-refractivity contribution in [3.05, 3.63) is 89.5 Å². The topological polar surface area (TPSA) is 3.24 Å². The molecule has 3 rings (SSSR count). The summed E-state index contributed by atoms with van der Waals surface area (Å²) in [6.45, 7) is 10.4. The van der Waals surface area contributed by atoms with Gasteiger partial charge in [-0.1, -0.05) is 67.4 Å². The molecule has 0 radical (unpaired) electrons. The van der Waals surface area contributed by atoms with Gasteiger partial charge < -0.3 is 4.90 Å². The zero-order valence-electron chi connectivity index (χ0n) is 15.4. The second kappa shape index (κ2) is 8.35. The van der Waals surface area contributed by atoms with E-state index >= 15 is 0 Å². The third-order valence-corrected chi connectivity index (χ3v) is 3.90. The molecule has 24 heavy (non-hydrogen) atoms. The van der Waals surface area contributed by atoms with Gasteiger partial charge in [-0.25, -0.2) is 0 Å². The molecule has 0 spiro atoms. The Hall–Kier alpha value is -2.54. The van der Waals surface area contributed by atoms with E-state index in [0.29, 0.717) is 0 Å². The van der Waals surface area contributed by atoms with Crippen molar-refractivity contribution in [3.8, 4) is 0 Å². The third kappa shape index (κ3) is 4.05. The normalized spacial score (nSPS) is 9.88. The molecule has 0 aliphatic heterocycles. The number of aryl methyl sites for hydroxylation is 3. The Labute approximate surface area is 146 Å². The van der Waals surface area contributed by atoms with E-state index in [2.05, 4.69) is 98.5 Å². The van der Waals surface area contributed by atoms with E-state index in [9.17, 15) is 0 Å². The van der Waals surface area contributed by atoms with Crippen molar-refractivity contribution in [2.75, 3.05) is 4.90 Å². The number of nitrogens with zero attached hydrogens (tertiary/aromatic N) is 1. The van der Waals surface area contributed by atoms with Crippen LogP contribution in [0.4, 0.5) is 17.1 Å². The van der Waals surface area contributed by atoms with Gasteiger partial charge in [0.25, 0.3) is 0 Å². The van der Waals surface area contributed by atoms with Crippen molar-refractivity contribution >= 4 is 17.1 Å². The van der Waals surface area contributed by atoms with Crippen LogP contribution in [0.1, 0.15) is 30.5 Å². The highest BCUT2D eigenvalue weighted by molar-refractivity contribution is 5.78. The molecule has 3 aromatic carbocycles. The van der Waals surface area contributed by atoms with E-state index in [4.69, 9.17) is 0 Å². The summed E-state index contributed by atoms with van der Waals surface area (Å²) in [5, 5.41) is 0. The SMILES string of the molecule is CC.Cc1ccc(N(c2ccccc2)c2ccc(C)cc2C)cc1. The number of hydrogen-bond donors (Lipinski definition) is 0. The molecule has 0 heterocycles. The van der Waals surface area contributed by atoms with Gasteiger partial charge in [0.15, 0.2) is 0 Å². The van der Waals surface area contributed by atoms with Gasteiger partial charge in [-0.2, -0.15) is 0 Å². The Morgan fingerprint density at radius 1 is 0.583 bits per heavy atom. The molecule has 0 aliphatic carbocycles. The minimum Gasteiger partial charge on any atom is -0.310 e. The second-order valence-corrected chi connectivity index (χ2v) is 5.80. The van der Waals surface area contributed by atoms with Crippen LogP contribution in [0.15, 0.2) is 72.8 Å². The molecule has 0 atom stereocenters. The van der Waals surface area contributed by atoms with Gasteiger partial charge in [0, 0.05) is 17.1 Å². The van der Waals surface area contributed by atoms with Crippen molar-refractivity contribution in [1.29, 1.82) is 0 Å². The van der Waals surface area contributed by atoms with Gasteiger partial charge in [-0.3, -0.25) is 0 Å². The molecular formula is C23H27N. The van der Waals surface area contributed by atoms with Crippen LogP contribution in [-0.4, -0.2) is 0 Å². The molecule has 0 saturated carbocycles. The van der Waals surface area contributed by atoms with Crippen molar-refractivity contribution in [2.24, 2.45) is 0 Å². The monoisotopic (exact) mass is 317 g/mol. The summed E-state index contributed by atoms with van der Waals surface area (Å²) in [5.41, 5.74) is 7.43. The maximum Gasteiger partial charge on any atom is 0.0490 e. The molecule has 1 heteroatoms. The minimum absolute atomic E-state index is 1.18. The van der Waals surface area contributed by atoms with Crippen molar-refractivity contribution in [3.63, 3.8) is 0 Å². The Morgan fingerprint density at radius 2 is 1.12 bits per heavy atom. The summed E-state index contributed by atoms with van der Waals surface area (Å²) >= 11 is 0. The Bertz CT molecular complexity index is 758. The van der Waals surface area contributed by atoms with Crippen LogP contribution < -0.4 is 4.90 Å². The second-order valence-electron chi connectivity index (χ2n) is 5.80. The number of rotatable bonds is 3. The first kappa shape index (κ1) is 17.8. The molecule has 124 valence electrons. The van der Waals surface area contributed by atoms with Crippen LogP contribution in [0.3, 0.4) is 0 Å². The van der Waals surface area contributed by atoms with Gasteiger partial charge in [0.05, 0.1) is 0 Å². The van der Waals surface area contributed by atoms with Crippen molar-refractivity contribution in [2.45, 2.75) is 34.6 Å². The van der Waals surface area contributed by atoms with Gasteiger partial charge in [-0.15, -0.1) is 0 Å². The molecule has 0 aliphatic rings. The first-order valence-corrected chi connectivity index (χ1v) is 8.64. The number of hydrogen-bond acceptors (Lipinski definition) is 1. The van der Waals surface area contributed by atoms with Crippen LogP contribution in [0.25, 0.3) is 0 Å².